The van der Waals surface area contributed by atoms with Crippen LogP contribution in [0.5, 0.6) is 0 Å². The molecule has 1 fully saturated rings. The molecule has 0 saturated carbocycles. The minimum absolute atomic E-state index is 0.0105. The molecule has 0 aromatic carbocycles. The molecule has 1 saturated heterocycles. The number of aliphatic hydroxyl groups excluding tert-OH is 1. The second-order valence-electron chi connectivity index (χ2n) is 3.10. The highest BCUT2D eigenvalue weighted by Crippen LogP contribution is 2.13. The fourth-order valence-corrected chi connectivity index (χ4v) is 1.33. The zero-order chi connectivity index (χ0) is 9.80. The van der Waals surface area contributed by atoms with Gasteiger partial charge in [-0.2, -0.15) is 4.98 Å². The molecule has 14 heavy (non-hydrogen) atoms. The van der Waals surface area contributed by atoms with E-state index < -0.39 is 0 Å². The van der Waals surface area contributed by atoms with Crippen molar-refractivity contribution < 1.29 is 14.4 Å². The third kappa shape index (κ3) is 2.09. The van der Waals surface area contributed by atoms with Crippen molar-refractivity contribution in [3.05, 3.63) is 11.7 Å². The monoisotopic (exact) mass is 199 g/mol. The van der Waals surface area contributed by atoms with Crippen LogP contribution in [0.1, 0.15) is 17.8 Å². The van der Waals surface area contributed by atoms with Crippen LogP contribution in [0.2, 0.25) is 0 Å². The number of nitrogens with one attached hydrogen (secondary N) is 1. The Morgan fingerprint density at radius 2 is 2.50 bits per heavy atom. The van der Waals surface area contributed by atoms with E-state index in [1.807, 2.05) is 0 Å². The summed E-state index contributed by atoms with van der Waals surface area (Å²) in [6.45, 7) is 2.10. The second-order valence-corrected chi connectivity index (χ2v) is 3.10. The van der Waals surface area contributed by atoms with E-state index >= 15 is 0 Å². The average Bonchev–Trinajstić information content (AvgIpc) is 2.68. The third-order valence-electron chi connectivity index (χ3n) is 2.04. The maximum absolute atomic E-state index is 8.68. The largest absolute Gasteiger partial charge is 0.396 e. The van der Waals surface area contributed by atoms with Gasteiger partial charge in [-0.1, -0.05) is 5.16 Å². The molecule has 1 aromatic rings. The van der Waals surface area contributed by atoms with Gasteiger partial charge in [-0.25, -0.2) is 0 Å². The summed E-state index contributed by atoms with van der Waals surface area (Å²) in [7, 11) is 0. The molecule has 2 rings (SSSR count). The van der Waals surface area contributed by atoms with Crippen LogP contribution in [0.25, 0.3) is 0 Å². The average molecular weight is 199 g/mol. The topological polar surface area (TPSA) is 80.4 Å². The quantitative estimate of drug-likeness (QED) is 0.667. The highest BCUT2D eigenvalue weighted by molar-refractivity contribution is 4.94. The molecular weight excluding hydrogens is 186 g/mol. The SMILES string of the molecule is OCCc1noc(C2COCCN2)n1. The van der Waals surface area contributed by atoms with E-state index in [9.17, 15) is 0 Å². The lowest BCUT2D eigenvalue weighted by Gasteiger charge is -2.20. The van der Waals surface area contributed by atoms with Crippen molar-refractivity contribution in [2.75, 3.05) is 26.4 Å². The fraction of sp³-hybridized carbons (Fsp3) is 0.750. The van der Waals surface area contributed by atoms with Gasteiger partial charge in [0.25, 0.3) is 0 Å². The molecule has 2 N–H and O–H groups in total. The predicted molar refractivity (Wildman–Crippen MR) is 46.7 cm³/mol. The molecule has 1 aliphatic rings. The molecule has 1 atom stereocenters. The maximum Gasteiger partial charge on any atom is 0.246 e. The zero-order valence-electron chi connectivity index (χ0n) is 7.77. The van der Waals surface area contributed by atoms with Crippen LogP contribution < -0.4 is 5.32 Å². The summed E-state index contributed by atoms with van der Waals surface area (Å²) < 4.78 is 10.3. The van der Waals surface area contributed by atoms with Crippen LogP contribution in [0, 0.1) is 0 Å². The van der Waals surface area contributed by atoms with Crippen LogP contribution in [0.3, 0.4) is 0 Å². The van der Waals surface area contributed by atoms with Gasteiger partial charge in [0.15, 0.2) is 5.82 Å². The zero-order valence-corrected chi connectivity index (χ0v) is 7.77. The number of aliphatic hydroxyl groups is 1. The lowest BCUT2D eigenvalue weighted by atomic mass is 10.3. The fourth-order valence-electron chi connectivity index (χ4n) is 1.33. The third-order valence-corrected chi connectivity index (χ3v) is 2.04. The summed E-state index contributed by atoms with van der Waals surface area (Å²) in [5, 5.41) is 15.6. The first-order valence-electron chi connectivity index (χ1n) is 4.64. The summed E-state index contributed by atoms with van der Waals surface area (Å²) in [6.07, 6.45) is 0.428. The number of ether oxygens (including phenoxy) is 1. The molecule has 1 aromatic heterocycles. The summed E-state index contributed by atoms with van der Waals surface area (Å²) >= 11 is 0. The van der Waals surface area contributed by atoms with Crippen molar-refractivity contribution in [3.8, 4) is 0 Å². The molecule has 2 heterocycles. The van der Waals surface area contributed by atoms with Crippen LogP contribution in [-0.4, -0.2) is 41.6 Å². The molecule has 0 radical (unpaired) electrons. The van der Waals surface area contributed by atoms with Crippen molar-refractivity contribution in [3.63, 3.8) is 0 Å². The van der Waals surface area contributed by atoms with Gasteiger partial charge in [0, 0.05) is 13.0 Å². The first-order chi connectivity index (χ1) is 6.90. The molecule has 78 valence electrons. The van der Waals surface area contributed by atoms with Crippen LogP contribution in [-0.2, 0) is 11.2 Å². The number of hydrogen-bond donors (Lipinski definition) is 2. The predicted octanol–water partition coefficient (Wildman–Crippen LogP) is -0.735. The number of morpholine rings is 1. The van der Waals surface area contributed by atoms with Crippen molar-refractivity contribution in [1.82, 2.24) is 15.5 Å². The highest BCUT2D eigenvalue weighted by Gasteiger charge is 2.21. The Morgan fingerprint density at radius 3 is 3.21 bits per heavy atom. The van der Waals surface area contributed by atoms with Gasteiger partial charge >= 0.3 is 0 Å². The summed E-state index contributed by atoms with van der Waals surface area (Å²) in [5.41, 5.74) is 0. The van der Waals surface area contributed by atoms with Gasteiger partial charge in [-0.3, -0.25) is 0 Å². The van der Waals surface area contributed by atoms with E-state index in [1.54, 1.807) is 0 Å². The standard InChI is InChI=1S/C8H13N3O3/c12-3-1-7-10-8(14-11-7)6-5-13-4-2-9-6/h6,9,12H,1-5H2. The van der Waals surface area contributed by atoms with Crippen molar-refractivity contribution in [2.24, 2.45) is 0 Å². The minimum atomic E-state index is -0.0105. The van der Waals surface area contributed by atoms with Crippen LogP contribution in [0.15, 0.2) is 4.52 Å². The lowest BCUT2D eigenvalue weighted by molar-refractivity contribution is 0.0659. The van der Waals surface area contributed by atoms with Crippen molar-refractivity contribution in [1.29, 1.82) is 0 Å². The maximum atomic E-state index is 8.68. The van der Waals surface area contributed by atoms with E-state index in [1.165, 1.54) is 0 Å². The Hall–Kier alpha value is -0.980. The van der Waals surface area contributed by atoms with Gasteiger partial charge in [0.2, 0.25) is 5.89 Å². The molecule has 0 amide bonds. The molecule has 6 nitrogen and oxygen atoms in total. The van der Waals surface area contributed by atoms with Gasteiger partial charge in [-0.15, -0.1) is 0 Å². The number of hydrogen-bond acceptors (Lipinski definition) is 6. The first-order valence-corrected chi connectivity index (χ1v) is 4.64. The number of rotatable bonds is 3. The van der Waals surface area contributed by atoms with Crippen molar-refractivity contribution in [2.45, 2.75) is 12.5 Å². The molecular formula is C8H13N3O3. The van der Waals surface area contributed by atoms with Gasteiger partial charge in [-0.05, 0) is 0 Å². The molecule has 0 aliphatic carbocycles. The second kappa shape index (κ2) is 4.50. The molecule has 1 aliphatic heterocycles. The number of aromatic nitrogens is 2. The first kappa shape index (κ1) is 9.57. The van der Waals surface area contributed by atoms with Crippen LogP contribution in [0.4, 0.5) is 0 Å². The van der Waals surface area contributed by atoms with E-state index in [2.05, 4.69) is 15.5 Å². The minimum Gasteiger partial charge on any atom is -0.396 e. The lowest BCUT2D eigenvalue weighted by Crippen LogP contribution is -2.34. The summed E-state index contributed by atoms with van der Waals surface area (Å²) in [6, 6.07) is -0.0105. The van der Waals surface area contributed by atoms with E-state index in [-0.39, 0.29) is 12.6 Å². The van der Waals surface area contributed by atoms with E-state index in [4.69, 9.17) is 14.4 Å². The molecule has 0 bridgehead atoms. The van der Waals surface area contributed by atoms with E-state index in [0.717, 1.165) is 6.54 Å². The number of nitrogens with zero attached hydrogens (tertiary/aromatic N) is 2. The highest BCUT2D eigenvalue weighted by atomic mass is 16.5. The summed E-state index contributed by atoms with van der Waals surface area (Å²) in [5.74, 6) is 1.07. The van der Waals surface area contributed by atoms with Gasteiger partial charge in [0.05, 0.1) is 19.8 Å². The van der Waals surface area contributed by atoms with Gasteiger partial charge < -0.3 is 19.7 Å². The Kier molecular flexibility index (Phi) is 3.07. The Morgan fingerprint density at radius 1 is 1.57 bits per heavy atom. The molecule has 0 spiro atoms. The van der Waals surface area contributed by atoms with Gasteiger partial charge in [0.1, 0.15) is 6.04 Å². The van der Waals surface area contributed by atoms with Crippen LogP contribution >= 0.6 is 0 Å². The summed E-state index contributed by atoms with van der Waals surface area (Å²) in [4.78, 5) is 4.14. The normalized spacial score (nSPS) is 22.5. The molecule has 6 heteroatoms. The Labute approximate surface area is 81.3 Å². The molecule has 1 unspecified atom stereocenters. The van der Waals surface area contributed by atoms with Crippen molar-refractivity contribution >= 4 is 0 Å². The van der Waals surface area contributed by atoms with E-state index in [0.29, 0.717) is 31.3 Å². The Bertz CT molecular complexity index is 283. The smallest absolute Gasteiger partial charge is 0.246 e. The Balaban J connectivity index is 2.00.